The highest BCUT2D eigenvalue weighted by atomic mass is 28.4. The van der Waals surface area contributed by atoms with Gasteiger partial charge in [-0.3, -0.25) is 4.79 Å². The number of fused-ring (bicyclic) bond motifs is 3. The van der Waals surface area contributed by atoms with Gasteiger partial charge in [-0.1, -0.05) is 46.3 Å². The summed E-state index contributed by atoms with van der Waals surface area (Å²) in [5.41, 5.74) is 0.556. The Kier molecular flexibility index (Phi) is 7.37. The highest BCUT2D eigenvalue weighted by molar-refractivity contribution is 6.74. The average Bonchev–Trinajstić information content (AvgIpc) is 3.25. The van der Waals surface area contributed by atoms with Crippen molar-refractivity contribution in [3.63, 3.8) is 0 Å². The molecule has 3 rings (SSSR count). The highest BCUT2D eigenvalue weighted by Gasteiger charge is 2.62. The standard InChI is InChI=1S/C26H46O6Si/c1-16-12-13-19-26(8,31-19)21(29-17(2)27)15-20-25(6,7)22(23(28-9)30-20)18(14-16)32-33(10,11)24(3,4)5/h14,18-23H,12-13,15H2,1-11H3/b16-14+/t18-,19-,20-,21-,22+,23-,26+/m0/s1. The predicted molar refractivity (Wildman–Crippen MR) is 131 cm³/mol. The zero-order valence-corrected chi connectivity index (χ0v) is 23.6. The molecule has 2 saturated heterocycles. The van der Waals surface area contributed by atoms with Gasteiger partial charge < -0.3 is 23.4 Å². The summed E-state index contributed by atoms with van der Waals surface area (Å²) in [4.78, 5) is 12.0. The Labute approximate surface area is 201 Å². The topological polar surface area (TPSA) is 66.5 Å². The van der Waals surface area contributed by atoms with E-state index >= 15 is 0 Å². The third-order valence-corrected chi connectivity index (χ3v) is 13.2. The summed E-state index contributed by atoms with van der Waals surface area (Å²) in [5, 5.41) is 0.0914. The molecule has 0 aromatic carbocycles. The number of hydrogen-bond donors (Lipinski definition) is 0. The van der Waals surface area contributed by atoms with Crippen molar-refractivity contribution in [2.45, 2.75) is 129 Å². The smallest absolute Gasteiger partial charge is 0.303 e. The van der Waals surface area contributed by atoms with Gasteiger partial charge in [-0.25, -0.2) is 0 Å². The van der Waals surface area contributed by atoms with Crippen molar-refractivity contribution in [2.75, 3.05) is 7.11 Å². The Morgan fingerprint density at radius 3 is 2.36 bits per heavy atom. The lowest BCUT2D eigenvalue weighted by Crippen LogP contribution is -2.50. The van der Waals surface area contributed by atoms with Gasteiger partial charge in [0.05, 0.1) is 18.3 Å². The van der Waals surface area contributed by atoms with E-state index in [9.17, 15) is 4.79 Å². The second-order valence-corrected chi connectivity index (χ2v) is 17.4. The number of ether oxygens (including phenoxy) is 4. The molecule has 2 fully saturated rings. The number of esters is 1. The van der Waals surface area contributed by atoms with Gasteiger partial charge in [-0.05, 0) is 44.8 Å². The zero-order chi connectivity index (χ0) is 25.0. The van der Waals surface area contributed by atoms with Gasteiger partial charge in [0.15, 0.2) is 14.6 Å². The van der Waals surface area contributed by atoms with Crippen LogP contribution in [0.25, 0.3) is 0 Å². The normalized spacial score (nSPS) is 40.6. The van der Waals surface area contributed by atoms with E-state index in [2.05, 4.69) is 67.6 Å². The number of allylic oxidation sites excluding steroid dienone is 1. The molecule has 6 nitrogen and oxygen atoms in total. The maximum Gasteiger partial charge on any atom is 0.303 e. The number of rotatable bonds is 4. The Morgan fingerprint density at radius 2 is 1.82 bits per heavy atom. The minimum atomic E-state index is -2.06. The number of carbonyl (C=O) groups is 1. The van der Waals surface area contributed by atoms with Crippen molar-refractivity contribution >= 4 is 14.3 Å². The van der Waals surface area contributed by atoms with E-state index in [1.54, 1.807) is 7.11 Å². The molecule has 1 aliphatic carbocycles. The summed E-state index contributed by atoms with van der Waals surface area (Å²) >= 11 is 0. The van der Waals surface area contributed by atoms with Gasteiger partial charge >= 0.3 is 5.97 Å². The van der Waals surface area contributed by atoms with Crippen LogP contribution in [0.3, 0.4) is 0 Å². The molecule has 7 atom stereocenters. The fourth-order valence-corrected chi connectivity index (χ4v) is 6.52. The van der Waals surface area contributed by atoms with Crippen LogP contribution in [0.4, 0.5) is 0 Å². The van der Waals surface area contributed by atoms with Gasteiger partial charge in [-0.15, -0.1) is 0 Å². The van der Waals surface area contributed by atoms with Gasteiger partial charge in [0.25, 0.3) is 0 Å². The molecular formula is C26H46O6Si. The van der Waals surface area contributed by atoms with E-state index < -0.39 is 20.2 Å². The Hall–Kier alpha value is -0.733. The minimum absolute atomic E-state index is 0.0118. The van der Waals surface area contributed by atoms with Crippen molar-refractivity contribution in [1.29, 1.82) is 0 Å². The van der Waals surface area contributed by atoms with Crippen LogP contribution in [-0.4, -0.2) is 57.7 Å². The van der Waals surface area contributed by atoms with Crippen LogP contribution in [0.2, 0.25) is 18.1 Å². The molecule has 7 heteroatoms. The molecule has 0 unspecified atom stereocenters. The predicted octanol–water partition coefficient (Wildman–Crippen LogP) is 5.61. The van der Waals surface area contributed by atoms with Crippen molar-refractivity contribution in [2.24, 2.45) is 11.3 Å². The molecule has 0 aromatic heterocycles. The molecule has 3 aliphatic rings. The third-order valence-electron chi connectivity index (χ3n) is 8.71. The quantitative estimate of drug-likeness (QED) is 0.225. The van der Waals surface area contributed by atoms with Crippen molar-refractivity contribution in [1.82, 2.24) is 0 Å². The number of epoxide rings is 1. The van der Waals surface area contributed by atoms with Crippen LogP contribution in [-0.2, 0) is 28.2 Å². The maximum absolute atomic E-state index is 12.0. The van der Waals surface area contributed by atoms with E-state index in [-0.39, 0.29) is 46.8 Å². The lowest BCUT2D eigenvalue weighted by Gasteiger charge is -2.43. The molecule has 0 aromatic rings. The summed E-state index contributed by atoms with van der Waals surface area (Å²) in [6.45, 7) is 21.6. The SMILES string of the molecule is CO[C@H]1O[C@H]2C[C@H](OC(C)=O)[C@]3(C)O[C@H]3CC/C(C)=C/[C@H](O[Si](C)(C)C(C)(C)C)[C@H]1C2(C)C. The average molecular weight is 483 g/mol. The maximum atomic E-state index is 12.0. The van der Waals surface area contributed by atoms with E-state index in [1.807, 2.05) is 0 Å². The van der Waals surface area contributed by atoms with Gasteiger partial charge in [0.1, 0.15) is 11.7 Å². The molecule has 0 saturated carbocycles. The molecule has 0 spiro atoms. The van der Waals surface area contributed by atoms with Gasteiger partial charge in [0.2, 0.25) is 0 Å². The van der Waals surface area contributed by atoms with E-state index in [0.717, 1.165) is 12.8 Å². The van der Waals surface area contributed by atoms with Crippen molar-refractivity contribution < 1.29 is 28.2 Å². The third kappa shape index (κ3) is 5.27. The Morgan fingerprint density at radius 1 is 1.18 bits per heavy atom. The van der Waals surface area contributed by atoms with Crippen LogP contribution in [0.5, 0.6) is 0 Å². The van der Waals surface area contributed by atoms with Crippen LogP contribution in [0, 0.1) is 11.3 Å². The molecule has 0 N–H and O–H groups in total. The minimum Gasteiger partial charge on any atom is -0.459 e. The van der Waals surface area contributed by atoms with Gasteiger partial charge in [0, 0.05) is 31.8 Å². The summed E-state index contributed by atoms with van der Waals surface area (Å²) in [6.07, 6.45) is 3.75. The lowest BCUT2D eigenvalue weighted by atomic mass is 9.71. The fraction of sp³-hybridized carbons (Fsp3) is 0.885. The van der Waals surface area contributed by atoms with E-state index in [0.29, 0.717) is 6.42 Å². The number of methoxy groups -OCH3 is 1. The lowest BCUT2D eigenvalue weighted by molar-refractivity contribution is -0.160. The van der Waals surface area contributed by atoms with Crippen LogP contribution >= 0.6 is 0 Å². The monoisotopic (exact) mass is 482 g/mol. The van der Waals surface area contributed by atoms with Gasteiger partial charge in [-0.2, -0.15) is 0 Å². The largest absolute Gasteiger partial charge is 0.459 e. The summed E-state index contributed by atoms with van der Waals surface area (Å²) < 4.78 is 31.4. The molecule has 2 bridgehead atoms. The van der Waals surface area contributed by atoms with Crippen LogP contribution in [0.1, 0.15) is 74.7 Å². The fourth-order valence-electron chi connectivity index (χ4n) is 5.27. The molecule has 0 radical (unpaired) electrons. The molecule has 33 heavy (non-hydrogen) atoms. The van der Waals surface area contributed by atoms with Crippen molar-refractivity contribution in [3.05, 3.63) is 11.6 Å². The second-order valence-electron chi connectivity index (χ2n) is 12.6. The summed E-state index contributed by atoms with van der Waals surface area (Å²) in [6, 6.07) is 0. The molecule has 2 heterocycles. The Balaban J connectivity index is 2.04. The molecular weight excluding hydrogens is 436 g/mol. The van der Waals surface area contributed by atoms with E-state index in [1.165, 1.54) is 12.5 Å². The first kappa shape index (κ1) is 26.9. The summed E-state index contributed by atoms with van der Waals surface area (Å²) in [5.74, 6) is -0.272. The second kappa shape index (κ2) is 9.05. The zero-order valence-electron chi connectivity index (χ0n) is 22.6. The number of carbonyl (C=O) groups excluding carboxylic acids is 1. The molecule has 0 amide bonds. The first-order valence-electron chi connectivity index (χ1n) is 12.4. The molecule has 2 aliphatic heterocycles. The van der Waals surface area contributed by atoms with E-state index in [4.69, 9.17) is 23.4 Å². The van der Waals surface area contributed by atoms with Crippen LogP contribution < -0.4 is 0 Å². The number of hydrogen-bond acceptors (Lipinski definition) is 6. The summed E-state index contributed by atoms with van der Waals surface area (Å²) in [7, 11) is -0.352. The van der Waals surface area contributed by atoms with Crippen molar-refractivity contribution in [3.8, 4) is 0 Å². The van der Waals surface area contributed by atoms with Crippen LogP contribution in [0.15, 0.2) is 11.6 Å². The highest BCUT2D eigenvalue weighted by Crippen LogP contribution is 2.53. The Bertz CT molecular complexity index is 769. The first-order chi connectivity index (χ1) is 15.0. The molecule has 190 valence electrons. The first-order valence-corrected chi connectivity index (χ1v) is 15.3.